The highest BCUT2D eigenvalue weighted by Crippen LogP contribution is 2.32. The van der Waals surface area contributed by atoms with Crippen molar-refractivity contribution in [3.8, 4) is 11.1 Å². The van der Waals surface area contributed by atoms with E-state index in [9.17, 15) is 4.79 Å². The fourth-order valence-electron chi connectivity index (χ4n) is 4.06. The van der Waals surface area contributed by atoms with Crippen molar-refractivity contribution in [1.82, 2.24) is 29.7 Å². The Balaban J connectivity index is 1.28. The molecule has 0 spiro atoms. The average Bonchev–Trinajstić information content (AvgIpc) is 3.36. The number of nitrogens with two attached hydrogens (primary N) is 1. The molecule has 4 heterocycles. The normalized spacial score (nSPS) is 14.1. The first-order valence-corrected chi connectivity index (χ1v) is 11.2. The predicted molar refractivity (Wildman–Crippen MR) is 128 cm³/mol. The van der Waals surface area contributed by atoms with Crippen LogP contribution in [0.25, 0.3) is 16.6 Å². The van der Waals surface area contributed by atoms with Gasteiger partial charge in [-0.1, -0.05) is 29.8 Å². The Morgan fingerprint density at radius 1 is 1.21 bits per heavy atom. The maximum absolute atomic E-state index is 12.6. The molecule has 9 heteroatoms. The molecule has 1 fully saturated rings. The standard InChI is InChI=1S/C24H28N8O/c1-15(2)31-13-20(22(25)29-31)18-8-21-23(27-14-28-32(21)12-18)30-10-19(11-30)24(33)26-9-17-6-4-16(3)5-7-17/h4-8,12-15,19H,9-11H2,1-3H3,(H2,25,29)(H,26,33). The summed E-state index contributed by atoms with van der Waals surface area (Å²) >= 11 is 0. The van der Waals surface area contributed by atoms with E-state index in [1.54, 1.807) is 4.52 Å². The number of nitrogen functional groups attached to an aromatic ring is 1. The number of carbonyl (C=O) groups excluding carboxylic acids is 1. The van der Waals surface area contributed by atoms with Crippen molar-refractivity contribution in [2.75, 3.05) is 23.7 Å². The van der Waals surface area contributed by atoms with Gasteiger partial charge in [-0.15, -0.1) is 0 Å². The molecule has 1 aromatic carbocycles. The summed E-state index contributed by atoms with van der Waals surface area (Å²) in [5, 5.41) is 11.8. The van der Waals surface area contributed by atoms with E-state index in [0.717, 1.165) is 28.0 Å². The van der Waals surface area contributed by atoms with Crippen LogP contribution in [0.15, 0.2) is 49.1 Å². The molecule has 1 saturated heterocycles. The molecule has 0 bridgehead atoms. The predicted octanol–water partition coefficient (Wildman–Crippen LogP) is 2.82. The second-order valence-corrected chi connectivity index (χ2v) is 8.95. The minimum Gasteiger partial charge on any atom is -0.382 e. The molecule has 1 amide bonds. The highest BCUT2D eigenvalue weighted by Gasteiger charge is 2.34. The van der Waals surface area contributed by atoms with Crippen LogP contribution in [0.2, 0.25) is 0 Å². The Labute approximate surface area is 192 Å². The lowest BCUT2D eigenvalue weighted by atomic mass is 9.99. The number of benzene rings is 1. The summed E-state index contributed by atoms with van der Waals surface area (Å²) in [7, 11) is 0. The molecule has 1 aliphatic heterocycles. The van der Waals surface area contributed by atoms with Gasteiger partial charge in [-0.2, -0.15) is 10.2 Å². The van der Waals surface area contributed by atoms with E-state index in [0.29, 0.717) is 25.5 Å². The number of nitrogens with one attached hydrogen (secondary N) is 1. The molecule has 3 aromatic heterocycles. The molecule has 0 radical (unpaired) electrons. The highest BCUT2D eigenvalue weighted by atomic mass is 16.2. The van der Waals surface area contributed by atoms with Gasteiger partial charge in [-0.05, 0) is 32.4 Å². The van der Waals surface area contributed by atoms with Crippen molar-refractivity contribution < 1.29 is 4.79 Å². The van der Waals surface area contributed by atoms with Crippen LogP contribution in [0, 0.1) is 12.8 Å². The van der Waals surface area contributed by atoms with Crippen LogP contribution < -0.4 is 16.0 Å². The van der Waals surface area contributed by atoms with Crippen LogP contribution in [0.3, 0.4) is 0 Å². The summed E-state index contributed by atoms with van der Waals surface area (Å²) in [5.74, 6) is 1.32. The maximum Gasteiger partial charge on any atom is 0.226 e. The first kappa shape index (κ1) is 21.0. The van der Waals surface area contributed by atoms with E-state index in [2.05, 4.69) is 58.3 Å². The Morgan fingerprint density at radius 3 is 2.67 bits per heavy atom. The lowest BCUT2D eigenvalue weighted by molar-refractivity contribution is -0.125. The molecule has 4 aromatic rings. The Kier molecular flexibility index (Phi) is 5.24. The van der Waals surface area contributed by atoms with Gasteiger partial charge in [0.25, 0.3) is 0 Å². The molecule has 0 atom stereocenters. The summed E-state index contributed by atoms with van der Waals surface area (Å²) < 4.78 is 3.66. The number of fused-ring (bicyclic) bond motifs is 1. The Morgan fingerprint density at radius 2 is 1.97 bits per heavy atom. The summed E-state index contributed by atoms with van der Waals surface area (Å²) in [6, 6.07) is 10.5. The van der Waals surface area contributed by atoms with Gasteiger partial charge in [-0.25, -0.2) is 9.50 Å². The minimum atomic E-state index is -0.0557. The second kappa shape index (κ2) is 8.23. The summed E-state index contributed by atoms with van der Waals surface area (Å²) in [6.45, 7) is 7.97. The smallest absolute Gasteiger partial charge is 0.226 e. The van der Waals surface area contributed by atoms with Crippen molar-refractivity contribution in [1.29, 1.82) is 0 Å². The zero-order valence-electron chi connectivity index (χ0n) is 19.1. The fourth-order valence-corrected chi connectivity index (χ4v) is 4.06. The quantitative estimate of drug-likeness (QED) is 0.474. The number of rotatable bonds is 6. The molecule has 9 nitrogen and oxygen atoms in total. The van der Waals surface area contributed by atoms with Crippen LogP contribution in [0.4, 0.5) is 11.6 Å². The van der Waals surface area contributed by atoms with Gasteiger partial charge in [0.15, 0.2) is 11.6 Å². The lowest BCUT2D eigenvalue weighted by Crippen LogP contribution is -2.54. The summed E-state index contributed by atoms with van der Waals surface area (Å²) in [5.41, 5.74) is 11.2. The number of amides is 1. The van der Waals surface area contributed by atoms with Crippen molar-refractivity contribution in [2.45, 2.75) is 33.4 Å². The lowest BCUT2D eigenvalue weighted by Gasteiger charge is -2.39. The minimum absolute atomic E-state index is 0.0557. The van der Waals surface area contributed by atoms with Gasteiger partial charge < -0.3 is 16.0 Å². The maximum atomic E-state index is 12.6. The highest BCUT2D eigenvalue weighted by molar-refractivity contribution is 5.85. The zero-order valence-corrected chi connectivity index (χ0v) is 19.1. The van der Waals surface area contributed by atoms with E-state index in [1.807, 2.05) is 35.3 Å². The SMILES string of the molecule is Cc1ccc(CNC(=O)C2CN(c3ncnn4cc(-c5cn(C(C)C)nc5N)cc34)C2)cc1. The molecule has 0 aliphatic carbocycles. The van der Waals surface area contributed by atoms with Crippen molar-refractivity contribution >= 4 is 23.1 Å². The van der Waals surface area contributed by atoms with E-state index in [-0.39, 0.29) is 17.9 Å². The number of nitrogens with zero attached hydrogens (tertiary/aromatic N) is 6. The van der Waals surface area contributed by atoms with Crippen molar-refractivity contribution in [3.05, 3.63) is 60.2 Å². The van der Waals surface area contributed by atoms with E-state index in [4.69, 9.17) is 5.73 Å². The second-order valence-electron chi connectivity index (χ2n) is 8.95. The third kappa shape index (κ3) is 4.02. The number of aromatic nitrogens is 5. The number of anilines is 2. The summed E-state index contributed by atoms with van der Waals surface area (Å²) in [4.78, 5) is 19.2. The molecular weight excluding hydrogens is 416 g/mol. The fraction of sp³-hybridized carbons (Fsp3) is 0.333. The monoisotopic (exact) mass is 444 g/mol. The van der Waals surface area contributed by atoms with Crippen molar-refractivity contribution in [2.24, 2.45) is 5.92 Å². The van der Waals surface area contributed by atoms with Crippen LogP contribution in [-0.2, 0) is 11.3 Å². The third-order valence-corrected chi connectivity index (χ3v) is 6.13. The zero-order chi connectivity index (χ0) is 23.1. The first-order chi connectivity index (χ1) is 15.9. The first-order valence-electron chi connectivity index (χ1n) is 11.2. The van der Waals surface area contributed by atoms with Gasteiger partial charge >= 0.3 is 0 Å². The van der Waals surface area contributed by atoms with Gasteiger partial charge in [0.05, 0.1) is 5.92 Å². The third-order valence-electron chi connectivity index (χ3n) is 6.13. The Hall–Kier alpha value is -3.88. The molecule has 1 aliphatic rings. The van der Waals surface area contributed by atoms with Gasteiger partial charge in [0, 0.05) is 49.2 Å². The number of hydrogen-bond acceptors (Lipinski definition) is 6. The molecule has 0 saturated carbocycles. The number of hydrogen-bond donors (Lipinski definition) is 2. The van der Waals surface area contributed by atoms with Crippen LogP contribution in [-0.4, -0.2) is 43.4 Å². The largest absolute Gasteiger partial charge is 0.382 e. The van der Waals surface area contributed by atoms with E-state index < -0.39 is 0 Å². The van der Waals surface area contributed by atoms with Crippen LogP contribution in [0.1, 0.15) is 31.0 Å². The molecule has 5 rings (SSSR count). The van der Waals surface area contributed by atoms with E-state index in [1.165, 1.54) is 11.9 Å². The van der Waals surface area contributed by atoms with E-state index >= 15 is 0 Å². The topological polar surface area (TPSA) is 106 Å². The Bertz CT molecular complexity index is 1300. The average molecular weight is 445 g/mol. The molecule has 3 N–H and O–H groups in total. The van der Waals surface area contributed by atoms with Gasteiger partial charge in [-0.3, -0.25) is 9.48 Å². The number of carbonyl (C=O) groups is 1. The van der Waals surface area contributed by atoms with Gasteiger partial charge in [0.1, 0.15) is 11.8 Å². The van der Waals surface area contributed by atoms with Gasteiger partial charge in [0.2, 0.25) is 5.91 Å². The molecule has 170 valence electrons. The molecular formula is C24H28N8O. The van der Waals surface area contributed by atoms with Crippen LogP contribution >= 0.6 is 0 Å². The molecule has 0 unspecified atom stereocenters. The number of aryl methyl sites for hydroxylation is 1. The van der Waals surface area contributed by atoms with Crippen LogP contribution in [0.5, 0.6) is 0 Å². The summed E-state index contributed by atoms with van der Waals surface area (Å²) in [6.07, 6.45) is 5.43. The van der Waals surface area contributed by atoms with Crippen molar-refractivity contribution in [3.63, 3.8) is 0 Å². The molecule has 33 heavy (non-hydrogen) atoms.